The highest BCUT2D eigenvalue weighted by atomic mass is 35.5. The summed E-state index contributed by atoms with van der Waals surface area (Å²) in [6.45, 7) is 0.558. The van der Waals surface area contributed by atoms with Crippen molar-refractivity contribution in [1.29, 1.82) is 0 Å². The normalized spacial score (nSPS) is 15.5. The average molecular weight is 309 g/mol. The molecule has 3 rings (SSSR count). The summed E-state index contributed by atoms with van der Waals surface area (Å²) in [5, 5.41) is 0.245. The average Bonchev–Trinajstić information content (AvgIpc) is 2.81. The lowest BCUT2D eigenvalue weighted by molar-refractivity contribution is 0.647. The Morgan fingerprint density at radius 1 is 1.24 bits per heavy atom. The van der Waals surface area contributed by atoms with Gasteiger partial charge in [-0.15, -0.1) is 0 Å². The molecule has 1 aliphatic rings. The first-order valence-electron chi connectivity index (χ1n) is 7.00. The van der Waals surface area contributed by atoms with Gasteiger partial charge in [-0.2, -0.15) is 4.98 Å². The molecule has 0 unspecified atom stereocenters. The minimum atomic E-state index is -0.398. The van der Waals surface area contributed by atoms with E-state index in [0.29, 0.717) is 17.7 Å². The van der Waals surface area contributed by atoms with E-state index in [2.05, 4.69) is 11.1 Å². The number of nitrogens with zero attached hydrogens (tertiary/aromatic N) is 4. The lowest BCUT2D eigenvalue weighted by Gasteiger charge is -2.14. The van der Waals surface area contributed by atoms with Gasteiger partial charge >= 0.3 is 5.69 Å². The fourth-order valence-electron chi connectivity index (χ4n) is 2.82. The lowest BCUT2D eigenvalue weighted by atomic mass is 10.00. The van der Waals surface area contributed by atoms with Crippen LogP contribution in [0.1, 0.15) is 25.7 Å². The maximum absolute atomic E-state index is 12.4. The molecule has 0 aliphatic heterocycles. The van der Waals surface area contributed by atoms with Crippen LogP contribution in [0.4, 0.5) is 0 Å². The van der Waals surface area contributed by atoms with Gasteiger partial charge in [-0.1, -0.05) is 11.6 Å². The minimum Gasteiger partial charge on any atom is -0.305 e. The fraction of sp³-hybridized carbons (Fsp3) is 0.500. The zero-order chi connectivity index (χ0) is 15.1. The SMILES string of the molecule is Cn1c(=O)c2c(nc(Cl)n2CC2=CCCCC2)n(C)c1=O. The van der Waals surface area contributed by atoms with Gasteiger partial charge in [-0.05, 0) is 37.3 Å². The molecule has 0 aromatic carbocycles. The monoisotopic (exact) mass is 308 g/mol. The van der Waals surface area contributed by atoms with Crippen molar-refractivity contribution in [2.75, 3.05) is 0 Å². The Kier molecular flexibility index (Phi) is 3.49. The second-order valence-corrected chi connectivity index (χ2v) is 5.79. The van der Waals surface area contributed by atoms with Crippen LogP contribution in [0.2, 0.25) is 5.28 Å². The first-order chi connectivity index (χ1) is 10.0. The Morgan fingerprint density at radius 3 is 2.67 bits per heavy atom. The number of halogens is 1. The van der Waals surface area contributed by atoms with Crippen molar-refractivity contribution in [1.82, 2.24) is 18.7 Å². The number of hydrogen-bond acceptors (Lipinski definition) is 3. The van der Waals surface area contributed by atoms with Gasteiger partial charge in [-0.25, -0.2) is 4.79 Å². The molecule has 1 aliphatic carbocycles. The Labute approximate surface area is 126 Å². The third-order valence-electron chi connectivity index (χ3n) is 4.05. The van der Waals surface area contributed by atoms with Crippen LogP contribution in [0, 0.1) is 0 Å². The summed E-state index contributed by atoms with van der Waals surface area (Å²) in [6.07, 6.45) is 6.65. The van der Waals surface area contributed by atoms with Gasteiger partial charge in [0.1, 0.15) is 0 Å². The summed E-state index contributed by atoms with van der Waals surface area (Å²) < 4.78 is 4.15. The number of aromatic nitrogens is 4. The van der Waals surface area contributed by atoms with E-state index < -0.39 is 5.69 Å². The van der Waals surface area contributed by atoms with Crippen molar-refractivity contribution >= 4 is 22.8 Å². The number of rotatable bonds is 2. The van der Waals surface area contributed by atoms with Crippen molar-refractivity contribution in [3.63, 3.8) is 0 Å². The molecule has 2 aromatic heterocycles. The predicted octanol–water partition coefficient (Wildman–Crippen LogP) is 1.59. The minimum absolute atomic E-state index is 0.245. The molecule has 6 nitrogen and oxygen atoms in total. The van der Waals surface area contributed by atoms with E-state index in [-0.39, 0.29) is 10.8 Å². The maximum atomic E-state index is 12.4. The summed E-state index contributed by atoms with van der Waals surface area (Å²) >= 11 is 6.20. The zero-order valence-corrected chi connectivity index (χ0v) is 12.9. The molecule has 0 saturated carbocycles. The van der Waals surface area contributed by atoms with Crippen LogP contribution >= 0.6 is 11.6 Å². The van der Waals surface area contributed by atoms with Crippen molar-refractivity contribution in [3.8, 4) is 0 Å². The van der Waals surface area contributed by atoms with Crippen LogP contribution in [0.25, 0.3) is 11.2 Å². The zero-order valence-electron chi connectivity index (χ0n) is 12.1. The number of imidazole rings is 1. The topological polar surface area (TPSA) is 61.8 Å². The standard InChI is InChI=1S/C14H17ClN4O2/c1-17-11-10(12(20)18(2)14(17)21)19(13(15)16-11)8-9-6-4-3-5-7-9/h6H,3-5,7-8H2,1-2H3. The van der Waals surface area contributed by atoms with Crippen LogP contribution in [0.5, 0.6) is 0 Å². The molecule has 2 aromatic rings. The summed E-state index contributed by atoms with van der Waals surface area (Å²) in [5.41, 5.74) is 1.23. The van der Waals surface area contributed by atoms with E-state index in [0.717, 1.165) is 23.8 Å². The molecular weight excluding hydrogens is 292 g/mol. The molecule has 0 spiro atoms. The fourth-order valence-corrected chi connectivity index (χ4v) is 3.04. The van der Waals surface area contributed by atoms with Gasteiger partial charge in [0.25, 0.3) is 5.56 Å². The van der Waals surface area contributed by atoms with E-state index in [1.807, 2.05) is 0 Å². The molecular formula is C14H17ClN4O2. The first-order valence-corrected chi connectivity index (χ1v) is 7.38. The van der Waals surface area contributed by atoms with Gasteiger partial charge in [0.05, 0.1) is 0 Å². The van der Waals surface area contributed by atoms with Crippen LogP contribution in [0.3, 0.4) is 0 Å². The molecule has 0 saturated heterocycles. The molecule has 0 atom stereocenters. The summed E-state index contributed by atoms with van der Waals surface area (Å²) in [5.74, 6) is 0. The number of hydrogen-bond donors (Lipinski definition) is 0. The molecule has 0 bridgehead atoms. The first kappa shape index (κ1) is 14.1. The van der Waals surface area contributed by atoms with Crippen LogP contribution in [-0.4, -0.2) is 18.7 Å². The van der Waals surface area contributed by atoms with E-state index >= 15 is 0 Å². The van der Waals surface area contributed by atoms with Gasteiger partial charge in [0.15, 0.2) is 11.2 Å². The van der Waals surface area contributed by atoms with E-state index in [9.17, 15) is 9.59 Å². The Morgan fingerprint density at radius 2 is 2.00 bits per heavy atom. The Balaban J connectivity index is 2.24. The Hall–Kier alpha value is -1.82. The third-order valence-corrected chi connectivity index (χ3v) is 4.34. The molecule has 0 fully saturated rings. The maximum Gasteiger partial charge on any atom is 0.332 e. The summed E-state index contributed by atoms with van der Waals surface area (Å²) in [6, 6.07) is 0. The molecule has 21 heavy (non-hydrogen) atoms. The van der Waals surface area contributed by atoms with Crippen molar-refractivity contribution in [2.45, 2.75) is 32.2 Å². The second kappa shape index (κ2) is 5.18. The van der Waals surface area contributed by atoms with Crippen molar-refractivity contribution < 1.29 is 0 Å². The molecule has 0 amide bonds. The molecule has 7 heteroatoms. The summed E-state index contributed by atoms with van der Waals surface area (Å²) in [4.78, 5) is 28.5. The van der Waals surface area contributed by atoms with Crippen molar-refractivity contribution in [2.24, 2.45) is 14.1 Å². The van der Waals surface area contributed by atoms with Crippen molar-refractivity contribution in [3.05, 3.63) is 37.8 Å². The third kappa shape index (κ3) is 2.23. The van der Waals surface area contributed by atoms with E-state index in [1.54, 1.807) is 11.6 Å². The van der Waals surface area contributed by atoms with Crippen LogP contribution in [-0.2, 0) is 20.6 Å². The quantitative estimate of drug-likeness (QED) is 0.625. The number of allylic oxidation sites excluding steroid dienone is 2. The number of aryl methyl sites for hydroxylation is 1. The van der Waals surface area contributed by atoms with Crippen LogP contribution < -0.4 is 11.2 Å². The number of fused-ring (bicyclic) bond motifs is 1. The Bertz CT molecular complexity index is 856. The van der Waals surface area contributed by atoms with Gasteiger partial charge in [0.2, 0.25) is 5.28 Å². The molecule has 0 N–H and O–H groups in total. The van der Waals surface area contributed by atoms with Crippen LogP contribution in [0.15, 0.2) is 21.2 Å². The van der Waals surface area contributed by atoms with Gasteiger partial charge in [-0.3, -0.25) is 13.9 Å². The molecule has 2 heterocycles. The molecule has 112 valence electrons. The van der Waals surface area contributed by atoms with E-state index in [4.69, 9.17) is 11.6 Å². The predicted molar refractivity (Wildman–Crippen MR) is 81.8 cm³/mol. The molecule has 0 radical (unpaired) electrons. The highest BCUT2D eigenvalue weighted by Gasteiger charge is 2.19. The lowest BCUT2D eigenvalue weighted by Crippen LogP contribution is -2.37. The van der Waals surface area contributed by atoms with Gasteiger partial charge in [0, 0.05) is 20.6 Å². The largest absolute Gasteiger partial charge is 0.332 e. The van der Waals surface area contributed by atoms with Gasteiger partial charge < -0.3 is 4.57 Å². The highest BCUT2D eigenvalue weighted by Crippen LogP contribution is 2.23. The van der Waals surface area contributed by atoms with E-state index in [1.165, 1.54) is 23.6 Å². The highest BCUT2D eigenvalue weighted by molar-refractivity contribution is 6.29. The summed E-state index contributed by atoms with van der Waals surface area (Å²) in [7, 11) is 3.06. The smallest absolute Gasteiger partial charge is 0.305 e. The second-order valence-electron chi connectivity index (χ2n) is 5.45.